The summed E-state index contributed by atoms with van der Waals surface area (Å²) in [6.45, 7) is 2.58. The van der Waals surface area contributed by atoms with Gasteiger partial charge in [-0.25, -0.2) is 0 Å². The summed E-state index contributed by atoms with van der Waals surface area (Å²) < 4.78 is 52.5. The van der Waals surface area contributed by atoms with Gasteiger partial charge in [0.2, 0.25) is 0 Å². The number of nitrogens with zero attached hydrogens (tertiary/aromatic N) is 1. The number of hydrogen-bond acceptors (Lipinski definition) is 3. The molecule has 0 aliphatic carbocycles. The Balaban J connectivity index is 3.09. The highest BCUT2D eigenvalue weighted by Gasteiger charge is 2.59. The summed E-state index contributed by atoms with van der Waals surface area (Å²) in [6, 6.07) is 3.24. The van der Waals surface area contributed by atoms with Gasteiger partial charge in [-0.1, -0.05) is 6.58 Å². The molecular weight excluding hydrogens is 270 g/mol. The molecule has 0 aliphatic rings. The van der Waals surface area contributed by atoms with E-state index in [2.05, 4.69) is 6.58 Å². The van der Waals surface area contributed by atoms with Crippen LogP contribution in [0.4, 0.5) is 23.2 Å². The van der Waals surface area contributed by atoms with E-state index < -0.39 is 34.1 Å². The first kappa shape index (κ1) is 15.1. The molecule has 104 valence electrons. The van der Waals surface area contributed by atoms with E-state index in [1.165, 1.54) is 0 Å². The fraction of sp³-hybridized carbons (Fsp3) is 0.273. The number of nitro groups is 1. The van der Waals surface area contributed by atoms with Gasteiger partial charge in [-0.15, -0.1) is 0 Å². The van der Waals surface area contributed by atoms with Gasteiger partial charge in [-0.05, 0) is 23.8 Å². The minimum Gasteiger partial charge on any atom is -0.382 e. The van der Waals surface area contributed by atoms with Gasteiger partial charge in [0, 0.05) is 12.1 Å². The van der Waals surface area contributed by atoms with Crippen molar-refractivity contribution in [2.24, 2.45) is 0 Å². The van der Waals surface area contributed by atoms with Crippen molar-refractivity contribution >= 4 is 5.69 Å². The van der Waals surface area contributed by atoms with E-state index in [-0.39, 0.29) is 6.08 Å². The Morgan fingerprint density at radius 1 is 1.26 bits per heavy atom. The summed E-state index contributed by atoms with van der Waals surface area (Å²) in [5, 5.41) is 19.6. The van der Waals surface area contributed by atoms with Crippen LogP contribution in [0, 0.1) is 10.1 Å². The summed E-state index contributed by atoms with van der Waals surface area (Å²) >= 11 is 0. The van der Waals surface area contributed by atoms with Crippen LogP contribution in [0.1, 0.15) is 11.7 Å². The molecule has 0 fully saturated rings. The smallest absolute Gasteiger partial charge is 0.343 e. The number of non-ortho nitro benzene ring substituents is 1. The SMILES string of the molecule is C=CC(F)(F)C(F)(F)C(O)c1ccc([N+](=O)[O-])cc1. The van der Waals surface area contributed by atoms with Crippen LogP contribution in [0.2, 0.25) is 0 Å². The first-order valence-electron chi connectivity index (χ1n) is 4.95. The molecule has 1 unspecified atom stereocenters. The summed E-state index contributed by atoms with van der Waals surface area (Å²) in [4.78, 5) is 9.56. The highest BCUT2D eigenvalue weighted by Crippen LogP contribution is 2.44. The van der Waals surface area contributed by atoms with Crippen molar-refractivity contribution in [2.75, 3.05) is 0 Å². The van der Waals surface area contributed by atoms with Gasteiger partial charge in [0.1, 0.15) is 6.10 Å². The van der Waals surface area contributed by atoms with Crippen LogP contribution in [-0.2, 0) is 0 Å². The lowest BCUT2D eigenvalue weighted by Crippen LogP contribution is -2.43. The van der Waals surface area contributed by atoms with E-state index in [1.807, 2.05) is 0 Å². The molecular formula is C11H9F4NO3. The number of rotatable bonds is 5. The van der Waals surface area contributed by atoms with Crippen LogP contribution in [-0.4, -0.2) is 21.9 Å². The topological polar surface area (TPSA) is 63.4 Å². The van der Waals surface area contributed by atoms with Crippen LogP contribution in [0.25, 0.3) is 0 Å². The minimum atomic E-state index is -4.77. The second-order valence-electron chi connectivity index (χ2n) is 3.70. The molecule has 0 aliphatic heterocycles. The molecule has 1 N–H and O–H groups in total. The second kappa shape index (κ2) is 4.96. The Bertz CT molecular complexity index is 487. The zero-order valence-corrected chi connectivity index (χ0v) is 9.39. The van der Waals surface area contributed by atoms with Crippen molar-refractivity contribution in [1.29, 1.82) is 0 Å². The highest BCUT2D eigenvalue weighted by atomic mass is 19.3. The van der Waals surface area contributed by atoms with Crippen molar-refractivity contribution in [2.45, 2.75) is 17.9 Å². The molecule has 0 spiro atoms. The average molecular weight is 279 g/mol. The van der Waals surface area contributed by atoms with E-state index >= 15 is 0 Å². The fourth-order valence-electron chi connectivity index (χ4n) is 1.31. The number of aliphatic hydroxyl groups excluding tert-OH is 1. The third-order valence-electron chi connectivity index (χ3n) is 2.46. The fourth-order valence-corrected chi connectivity index (χ4v) is 1.31. The first-order chi connectivity index (χ1) is 8.63. The maximum atomic E-state index is 13.3. The van der Waals surface area contributed by atoms with Crippen molar-refractivity contribution in [1.82, 2.24) is 0 Å². The number of allylic oxidation sites excluding steroid dienone is 1. The van der Waals surface area contributed by atoms with Crippen LogP contribution in [0.15, 0.2) is 36.9 Å². The van der Waals surface area contributed by atoms with Gasteiger partial charge < -0.3 is 5.11 Å². The first-order valence-corrected chi connectivity index (χ1v) is 4.95. The minimum absolute atomic E-state index is 0.262. The Morgan fingerprint density at radius 2 is 1.74 bits per heavy atom. The summed E-state index contributed by atoms with van der Waals surface area (Å²) in [6.07, 6.45) is -3.07. The third-order valence-corrected chi connectivity index (χ3v) is 2.46. The molecule has 19 heavy (non-hydrogen) atoms. The van der Waals surface area contributed by atoms with Gasteiger partial charge in [-0.3, -0.25) is 10.1 Å². The Labute approximate surface area is 105 Å². The number of nitro benzene ring substituents is 1. The maximum Gasteiger partial charge on any atom is 0.343 e. The lowest BCUT2D eigenvalue weighted by Gasteiger charge is -2.28. The average Bonchev–Trinajstić information content (AvgIpc) is 2.37. The van der Waals surface area contributed by atoms with Gasteiger partial charge in [0.05, 0.1) is 4.92 Å². The van der Waals surface area contributed by atoms with Crippen molar-refractivity contribution in [3.8, 4) is 0 Å². The van der Waals surface area contributed by atoms with E-state index in [1.54, 1.807) is 0 Å². The van der Waals surface area contributed by atoms with Gasteiger partial charge >= 0.3 is 11.8 Å². The molecule has 1 rings (SSSR count). The predicted molar refractivity (Wildman–Crippen MR) is 58.1 cm³/mol. The number of hydrogen-bond donors (Lipinski definition) is 1. The van der Waals surface area contributed by atoms with Crippen LogP contribution in [0.3, 0.4) is 0 Å². The standard InChI is InChI=1S/C11H9F4NO3/c1-2-10(12,13)11(14,15)9(17)7-3-5-8(6-4-7)16(18)19/h2-6,9,17H,1H2. The van der Waals surface area contributed by atoms with Gasteiger partial charge in [-0.2, -0.15) is 17.6 Å². The number of halogens is 4. The van der Waals surface area contributed by atoms with E-state index in [9.17, 15) is 32.8 Å². The quantitative estimate of drug-likeness (QED) is 0.390. The van der Waals surface area contributed by atoms with Crippen molar-refractivity contribution < 1.29 is 27.6 Å². The van der Waals surface area contributed by atoms with Crippen LogP contribution >= 0.6 is 0 Å². The number of benzene rings is 1. The van der Waals surface area contributed by atoms with Crippen molar-refractivity contribution in [3.05, 3.63) is 52.6 Å². The molecule has 0 bridgehead atoms. The molecule has 4 nitrogen and oxygen atoms in total. The van der Waals surface area contributed by atoms with E-state index in [0.29, 0.717) is 0 Å². The third kappa shape index (κ3) is 2.73. The largest absolute Gasteiger partial charge is 0.382 e. The highest BCUT2D eigenvalue weighted by molar-refractivity contribution is 5.34. The van der Waals surface area contributed by atoms with Gasteiger partial charge in [0.25, 0.3) is 5.69 Å². The molecule has 0 saturated heterocycles. The predicted octanol–water partition coefficient (Wildman–Crippen LogP) is 3.08. The van der Waals surface area contributed by atoms with E-state index in [0.717, 1.165) is 24.3 Å². The molecule has 8 heteroatoms. The lowest BCUT2D eigenvalue weighted by atomic mass is 9.98. The molecule has 1 aromatic carbocycles. The molecule has 0 aromatic heterocycles. The number of alkyl halides is 4. The van der Waals surface area contributed by atoms with Crippen LogP contribution < -0.4 is 0 Å². The molecule has 1 atom stereocenters. The normalized spacial score (nSPS) is 13.9. The zero-order chi connectivity index (χ0) is 14.8. The van der Waals surface area contributed by atoms with E-state index in [4.69, 9.17) is 0 Å². The molecule has 0 radical (unpaired) electrons. The zero-order valence-electron chi connectivity index (χ0n) is 9.39. The Kier molecular flexibility index (Phi) is 3.94. The monoisotopic (exact) mass is 279 g/mol. The summed E-state index contributed by atoms with van der Waals surface area (Å²) in [5.74, 6) is -9.38. The Hall–Kier alpha value is -1.96. The summed E-state index contributed by atoms with van der Waals surface area (Å²) in [7, 11) is 0. The molecule has 1 aromatic rings. The lowest BCUT2D eigenvalue weighted by molar-refractivity contribution is -0.384. The molecule has 0 amide bonds. The number of aliphatic hydroxyl groups is 1. The maximum absolute atomic E-state index is 13.3. The molecule has 0 heterocycles. The van der Waals surface area contributed by atoms with Crippen LogP contribution in [0.5, 0.6) is 0 Å². The summed E-state index contributed by atoms with van der Waals surface area (Å²) in [5.41, 5.74) is -0.966. The molecule has 0 saturated carbocycles. The van der Waals surface area contributed by atoms with Gasteiger partial charge in [0.15, 0.2) is 0 Å². The Morgan fingerprint density at radius 3 is 2.11 bits per heavy atom. The second-order valence-corrected chi connectivity index (χ2v) is 3.70. The van der Waals surface area contributed by atoms with Crippen molar-refractivity contribution in [3.63, 3.8) is 0 Å².